The molecule has 0 atom stereocenters. The Bertz CT molecular complexity index is 6.00. The second-order valence-electron chi connectivity index (χ2n) is 0. The van der Waals surface area contributed by atoms with E-state index in [1.54, 1.807) is 0 Å². The van der Waals surface area contributed by atoms with Crippen LogP contribution in [0.1, 0.15) is 7.43 Å². The van der Waals surface area contributed by atoms with Crippen LogP contribution >= 0.6 is 24.0 Å². The van der Waals surface area contributed by atoms with Gasteiger partial charge < -0.3 is 24.0 Å². The molecule has 3 heteroatoms. The second-order valence-corrected chi connectivity index (χ2v) is 0. The van der Waals surface area contributed by atoms with Crippen LogP contribution in [0.5, 0.6) is 0 Å². The van der Waals surface area contributed by atoms with Gasteiger partial charge in [-0.05, 0) is 0 Å². The average molecular weight is 310 g/mol. The van der Waals surface area contributed by atoms with E-state index in [1.807, 2.05) is 0 Å². The summed E-state index contributed by atoms with van der Waals surface area (Å²) in [5.41, 5.74) is 0. The summed E-state index contributed by atoms with van der Waals surface area (Å²) in [5.74, 6) is 0. The van der Waals surface area contributed by atoms with Crippen molar-refractivity contribution in [2.45, 2.75) is 7.43 Å². The van der Waals surface area contributed by atoms with Gasteiger partial charge >= 0.3 is 51.4 Å². The van der Waals surface area contributed by atoms with E-state index in [2.05, 4.69) is 0 Å². The third-order valence-electron chi connectivity index (χ3n) is 0. The van der Waals surface area contributed by atoms with Gasteiger partial charge in [-0.25, -0.2) is 0 Å². The van der Waals surface area contributed by atoms with Crippen molar-refractivity contribution in [3.05, 3.63) is 0 Å². The molecule has 0 aromatic carbocycles. The van der Waals surface area contributed by atoms with Crippen LogP contribution in [0.2, 0.25) is 0 Å². The quantitative estimate of drug-likeness (QED) is 0.311. The SMILES string of the molecule is C.I.[I-].[K+]. The predicted octanol–water partition coefficient (Wildman–Crippen LogP) is -4.74. The van der Waals surface area contributed by atoms with Crippen molar-refractivity contribution >= 4 is 24.0 Å². The van der Waals surface area contributed by atoms with E-state index < -0.39 is 0 Å². The summed E-state index contributed by atoms with van der Waals surface area (Å²) in [6, 6.07) is 0. The van der Waals surface area contributed by atoms with Gasteiger partial charge in [0.05, 0.1) is 0 Å². The molecule has 0 amide bonds. The molecule has 0 rings (SSSR count). The summed E-state index contributed by atoms with van der Waals surface area (Å²) >= 11 is 0. The molecule has 0 aromatic heterocycles. The Labute approximate surface area is 104 Å². The van der Waals surface area contributed by atoms with Gasteiger partial charge in [-0.1, -0.05) is 7.43 Å². The van der Waals surface area contributed by atoms with Crippen LogP contribution in [0, 0.1) is 0 Å². The summed E-state index contributed by atoms with van der Waals surface area (Å²) in [6.45, 7) is 0. The summed E-state index contributed by atoms with van der Waals surface area (Å²) in [4.78, 5) is 0. The zero-order valence-electron chi connectivity index (χ0n) is 1.79. The van der Waals surface area contributed by atoms with Gasteiger partial charge in [0.2, 0.25) is 0 Å². The average Bonchev–Trinajstić information content (AvgIpc) is 0. The Morgan fingerprint density at radius 3 is 1.00 bits per heavy atom. The van der Waals surface area contributed by atoms with Crippen LogP contribution in [0.15, 0.2) is 0 Å². The predicted molar refractivity (Wildman–Crippen MR) is 22.1 cm³/mol. The van der Waals surface area contributed by atoms with Crippen molar-refractivity contribution in [1.29, 1.82) is 0 Å². The molecule has 0 nitrogen and oxygen atoms in total. The molecule has 0 aliphatic rings. The van der Waals surface area contributed by atoms with Crippen molar-refractivity contribution in [3.8, 4) is 0 Å². The van der Waals surface area contributed by atoms with Gasteiger partial charge in [0, 0.05) is 0 Å². The van der Waals surface area contributed by atoms with Gasteiger partial charge in [0.1, 0.15) is 0 Å². The van der Waals surface area contributed by atoms with Gasteiger partial charge in [-0.3, -0.25) is 0 Å². The fourth-order valence-electron chi connectivity index (χ4n) is 0. The summed E-state index contributed by atoms with van der Waals surface area (Å²) < 4.78 is 0. The molecule has 0 radical (unpaired) electrons. The van der Waals surface area contributed by atoms with E-state index in [0.717, 1.165) is 0 Å². The van der Waals surface area contributed by atoms with Crippen molar-refractivity contribution < 1.29 is 75.4 Å². The van der Waals surface area contributed by atoms with E-state index in [9.17, 15) is 0 Å². The Morgan fingerprint density at radius 1 is 1.00 bits per heavy atom. The molecule has 0 saturated carbocycles. The van der Waals surface area contributed by atoms with Crippen molar-refractivity contribution in [3.63, 3.8) is 0 Å². The Kier molecular flexibility index (Phi) is 114. The number of rotatable bonds is 0. The van der Waals surface area contributed by atoms with Gasteiger partial charge in [-0.15, -0.1) is 24.0 Å². The monoisotopic (exact) mass is 310 g/mol. The minimum Gasteiger partial charge on any atom is -1.00 e. The molecule has 0 saturated heterocycles. The third-order valence-corrected chi connectivity index (χ3v) is 0. The smallest absolute Gasteiger partial charge is 1.00 e. The van der Waals surface area contributed by atoms with Crippen LogP contribution in [0.3, 0.4) is 0 Å². The van der Waals surface area contributed by atoms with Gasteiger partial charge in [0.15, 0.2) is 0 Å². The molecule has 4 heavy (non-hydrogen) atoms. The van der Waals surface area contributed by atoms with Gasteiger partial charge in [0.25, 0.3) is 0 Å². The summed E-state index contributed by atoms with van der Waals surface area (Å²) in [5, 5.41) is 0. The summed E-state index contributed by atoms with van der Waals surface area (Å²) in [6.07, 6.45) is 0. The fourth-order valence-corrected chi connectivity index (χ4v) is 0. The zero-order valence-corrected chi connectivity index (χ0v) is 9.40. The van der Waals surface area contributed by atoms with Gasteiger partial charge in [-0.2, -0.15) is 0 Å². The van der Waals surface area contributed by atoms with Crippen LogP contribution in [0.4, 0.5) is 0 Å². The van der Waals surface area contributed by atoms with E-state index in [-0.39, 0.29) is 107 Å². The first-order chi connectivity index (χ1) is 0. The van der Waals surface area contributed by atoms with Crippen molar-refractivity contribution in [2.24, 2.45) is 0 Å². The van der Waals surface area contributed by atoms with Crippen molar-refractivity contribution in [2.75, 3.05) is 0 Å². The second kappa shape index (κ2) is 16.5. The normalized spacial score (nSPS) is 0. The summed E-state index contributed by atoms with van der Waals surface area (Å²) in [7, 11) is 0. The first-order valence-corrected chi connectivity index (χ1v) is 0. The van der Waals surface area contributed by atoms with Crippen LogP contribution < -0.4 is 75.4 Å². The molecule has 0 spiro atoms. The number of hydrogen-bond donors (Lipinski definition) is 0. The Morgan fingerprint density at radius 2 is 1.00 bits per heavy atom. The maximum atomic E-state index is 0. The first-order valence-electron chi connectivity index (χ1n) is 0. The number of hydrogen-bond acceptors (Lipinski definition) is 0. The van der Waals surface area contributed by atoms with E-state index in [1.165, 1.54) is 0 Å². The molecule has 0 N–H and O–H groups in total. The molecular weight excluding hydrogens is 305 g/mol. The molecule has 0 fully saturated rings. The minimum atomic E-state index is 0. The molecule has 0 aliphatic carbocycles. The maximum Gasteiger partial charge on any atom is 1.00 e. The first kappa shape index (κ1) is 27.5. The third kappa shape index (κ3) is 8.92. The molecule has 0 heterocycles. The van der Waals surface area contributed by atoms with Crippen LogP contribution in [-0.2, 0) is 0 Å². The van der Waals surface area contributed by atoms with E-state index in [4.69, 9.17) is 0 Å². The topological polar surface area (TPSA) is 0 Å². The van der Waals surface area contributed by atoms with Crippen LogP contribution in [0.25, 0.3) is 0 Å². The molecule has 24 valence electrons. The Balaban J connectivity index is 0. The maximum absolute atomic E-state index is 0. The number of halogens is 2. The molecule has 0 unspecified atom stereocenters. The molecular formula is CH5I2K. The standard InChI is InChI=1S/CH4.2HI.K/h1H4;2*1H;/q;;;+1/p-1. The zero-order chi connectivity index (χ0) is 0. The van der Waals surface area contributed by atoms with Crippen molar-refractivity contribution in [1.82, 2.24) is 0 Å². The van der Waals surface area contributed by atoms with Crippen LogP contribution in [-0.4, -0.2) is 0 Å². The van der Waals surface area contributed by atoms with E-state index in [0.29, 0.717) is 0 Å². The van der Waals surface area contributed by atoms with E-state index >= 15 is 0 Å². The fraction of sp³-hybridized carbons (Fsp3) is 1.00. The molecule has 0 bridgehead atoms. The Hall–Kier alpha value is 3.10. The molecule has 0 aromatic rings. The largest absolute Gasteiger partial charge is 1.00 e. The molecule has 0 aliphatic heterocycles. The minimum absolute atomic E-state index is 0.